The normalized spacial score (nSPS) is 20.4. The lowest BCUT2D eigenvalue weighted by Gasteiger charge is -2.62. The van der Waals surface area contributed by atoms with Crippen LogP contribution in [0, 0.1) is 5.41 Å². The molecule has 1 saturated carbocycles. The Kier molecular flexibility index (Phi) is 4.44. The van der Waals surface area contributed by atoms with Crippen molar-refractivity contribution < 1.29 is 18.0 Å². The van der Waals surface area contributed by atoms with Gasteiger partial charge in [0.05, 0.1) is 6.04 Å². The summed E-state index contributed by atoms with van der Waals surface area (Å²) in [7, 11) is 0. The zero-order chi connectivity index (χ0) is 19.9. The summed E-state index contributed by atoms with van der Waals surface area (Å²) in [4.78, 5) is 26.7. The number of hydrogen-bond donors (Lipinski definition) is 1. The third kappa shape index (κ3) is 3.27. The first-order valence-electron chi connectivity index (χ1n) is 9.18. The first-order valence-corrected chi connectivity index (χ1v) is 9.18. The molecule has 28 heavy (non-hydrogen) atoms. The summed E-state index contributed by atoms with van der Waals surface area (Å²) in [5.41, 5.74) is 0.0823. The predicted octanol–water partition coefficient (Wildman–Crippen LogP) is 4.17. The molecule has 1 unspecified atom stereocenters. The Hall–Kier alpha value is -2.77. The molecule has 148 valence electrons. The second-order valence-electron chi connectivity index (χ2n) is 7.56. The predicted molar refractivity (Wildman–Crippen MR) is 97.9 cm³/mol. The first-order chi connectivity index (χ1) is 13.3. The SMILES string of the molecule is O=C(Nc1cccn(CC(F)(F)F)c1=O)N1CC2(CCC2)C1c1ccccc1. The maximum atomic E-state index is 12.8. The molecule has 1 aromatic heterocycles. The molecule has 2 aliphatic rings. The molecule has 0 bridgehead atoms. The molecule has 2 fully saturated rings. The smallest absolute Gasteiger partial charge is 0.316 e. The average molecular weight is 391 g/mol. The summed E-state index contributed by atoms with van der Waals surface area (Å²) in [6.45, 7) is -0.809. The number of likely N-dealkylation sites (tertiary alicyclic amines) is 1. The molecular formula is C20H20F3N3O2. The monoisotopic (exact) mass is 391 g/mol. The topological polar surface area (TPSA) is 54.3 Å². The fourth-order valence-corrected chi connectivity index (χ4v) is 4.29. The van der Waals surface area contributed by atoms with Gasteiger partial charge in [-0.3, -0.25) is 4.79 Å². The van der Waals surface area contributed by atoms with Crippen LogP contribution in [0.5, 0.6) is 0 Å². The van der Waals surface area contributed by atoms with Gasteiger partial charge in [-0.05, 0) is 30.5 Å². The summed E-state index contributed by atoms with van der Waals surface area (Å²) < 4.78 is 38.4. The molecule has 0 radical (unpaired) electrons. The number of pyridine rings is 1. The van der Waals surface area contributed by atoms with Crippen LogP contribution in [0.25, 0.3) is 0 Å². The van der Waals surface area contributed by atoms with Gasteiger partial charge in [-0.1, -0.05) is 36.8 Å². The summed E-state index contributed by atoms with van der Waals surface area (Å²) in [5, 5.41) is 2.51. The summed E-state index contributed by atoms with van der Waals surface area (Å²) >= 11 is 0. The van der Waals surface area contributed by atoms with Crippen molar-refractivity contribution in [1.29, 1.82) is 0 Å². The average Bonchev–Trinajstić information content (AvgIpc) is 2.56. The minimum atomic E-state index is -4.51. The largest absolute Gasteiger partial charge is 0.406 e. The number of alkyl halides is 3. The maximum Gasteiger partial charge on any atom is 0.406 e. The van der Waals surface area contributed by atoms with E-state index >= 15 is 0 Å². The van der Waals surface area contributed by atoms with Crippen molar-refractivity contribution in [1.82, 2.24) is 9.47 Å². The van der Waals surface area contributed by atoms with Crippen LogP contribution in [-0.2, 0) is 6.54 Å². The number of amides is 2. The van der Waals surface area contributed by atoms with Gasteiger partial charge in [0.2, 0.25) is 0 Å². The molecule has 2 aromatic rings. The highest BCUT2D eigenvalue weighted by molar-refractivity contribution is 5.90. The van der Waals surface area contributed by atoms with Gasteiger partial charge in [0.15, 0.2) is 0 Å². The Labute approximate surface area is 159 Å². The van der Waals surface area contributed by atoms with Crippen LogP contribution in [0.1, 0.15) is 30.9 Å². The number of carbonyl (C=O) groups is 1. The van der Waals surface area contributed by atoms with Crippen molar-refractivity contribution in [2.75, 3.05) is 11.9 Å². The number of nitrogens with zero attached hydrogens (tertiary/aromatic N) is 2. The number of halogens is 3. The van der Waals surface area contributed by atoms with Crippen LogP contribution >= 0.6 is 0 Å². The molecule has 2 heterocycles. The fourth-order valence-electron chi connectivity index (χ4n) is 4.29. The number of hydrogen-bond acceptors (Lipinski definition) is 2. The van der Waals surface area contributed by atoms with E-state index in [4.69, 9.17) is 0 Å². The maximum absolute atomic E-state index is 12.8. The van der Waals surface area contributed by atoms with Crippen LogP contribution in [0.3, 0.4) is 0 Å². The van der Waals surface area contributed by atoms with Gasteiger partial charge in [-0.2, -0.15) is 13.2 Å². The number of anilines is 1. The number of aromatic nitrogens is 1. The van der Waals surface area contributed by atoms with E-state index in [1.807, 2.05) is 30.3 Å². The van der Waals surface area contributed by atoms with Gasteiger partial charge >= 0.3 is 12.2 Å². The Balaban J connectivity index is 1.54. The Morgan fingerprint density at radius 1 is 1.14 bits per heavy atom. The van der Waals surface area contributed by atoms with E-state index < -0.39 is 24.3 Å². The van der Waals surface area contributed by atoms with Crippen LogP contribution in [0.15, 0.2) is 53.5 Å². The van der Waals surface area contributed by atoms with Gasteiger partial charge in [-0.15, -0.1) is 0 Å². The lowest BCUT2D eigenvalue weighted by Crippen LogP contribution is -2.64. The molecule has 8 heteroatoms. The molecule has 1 N–H and O–H groups in total. The van der Waals surface area contributed by atoms with Gasteiger partial charge in [0.25, 0.3) is 5.56 Å². The highest BCUT2D eigenvalue weighted by Crippen LogP contribution is 2.60. The number of benzene rings is 1. The number of urea groups is 1. The minimum absolute atomic E-state index is 0.0753. The molecule has 2 amide bonds. The van der Waals surface area contributed by atoms with Gasteiger partial charge in [0.1, 0.15) is 12.2 Å². The van der Waals surface area contributed by atoms with Gasteiger partial charge < -0.3 is 14.8 Å². The second kappa shape index (κ2) is 6.68. The van der Waals surface area contributed by atoms with Crippen LogP contribution < -0.4 is 10.9 Å². The summed E-state index contributed by atoms with van der Waals surface area (Å²) in [6.07, 6.45) is -0.246. The minimum Gasteiger partial charge on any atom is -0.316 e. The van der Waals surface area contributed by atoms with Crippen molar-refractivity contribution in [3.05, 3.63) is 64.6 Å². The van der Waals surface area contributed by atoms with Crippen molar-refractivity contribution in [2.45, 2.75) is 38.0 Å². The lowest BCUT2D eigenvalue weighted by atomic mass is 9.56. The van der Waals surface area contributed by atoms with E-state index in [1.165, 1.54) is 12.1 Å². The number of nitrogens with one attached hydrogen (secondary N) is 1. The number of carbonyl (C=O) groups excluding carboxylic acids is 1. The van der Waals surface area contributed by atoms with Crippen molar-refractivity contribution >= 4 is 11.7 Å². The Bertz CT molecular complexity index is 936. The van der Waals surface area contributed by atoms with Gasteiger partial charge in [0, 0.05) is 18.2 Å². The van der Waals surface area contributed by atoms with Crippen LogP contribution in [0.2, 0.25) is 0 Å². The van der Waals surface area contributed by atoms with Crippen molar-refractivity contribution in [3.8, 4) is 0 Å². The van der Waals surface area contributed by atoms with E-state index in [1.54, 1.807) is 4.90 Å². The Morgan fingerprint density at radius 2 is 1.86 bits per heavy atom. The van der Waals surface area contributed by atoms with Crippen LogP contribution in [-0.4, -0.2) is 28.2 Å². The van der Waals surface area contributed by atoms with Gasteiger partial charge in [-0.25, -0.2) is 4.79 Å². The van der Waals surface area contributed by atoms with Crippen molar-refractivity contribution in [2.24, 2.45) is 5.41 Å². The zero-order valence-corrected chi connectivity index (χ0v) is 15.1. The van der Waals surface area contributed by atoms with E-state index in [9.17, 15) is 22.8 Å². The number of rotatable bonds is 3. The van der Waals surface area contributed by atoms with Crippen LogP contribution in [0.4, 0.5) is 23.7 Å². The van der Waals surface area contributed by atoms with E-state index in [0.29, 0.717) is 11.1 Å². The fraction of sp³-hybridized carbons (Fsp3) is 0.400. The molecule has 4 rings (SSSR count). The van der Waals surface area contributed by atoms with E-state index in [2.05, 4.69) is 5.32 Å². The molecule has 1 aliphatic heterocycles. The Morgan fingerprint density at radius 3 is 2.46 bits per heavy atom. The molecular weight excluding hydrogens is 371 g/mol. The molecule has 1 spiro atoms. The van der Waals surface area contributed by atoms with E-state index in [-0.39, 0.29) is 17.1 Å². The molecule has 5 nitrogen and oxygen atoms in total. The summed E-state index contributed by atoms with van der Waals surface area (Å²) in [5.74, 6) is 0. The molecule has 1 aliphatic carbocycles. The molecule has 1 atom stereocenters. The lowest BCUT2D eigenvalue weighted by molar-refractivity contribution is -0.141. The molecule has 1 saturated heterocycles. The second-order valence-corrected chi connectivity index (χ2v) is 7.56. The first kappa shape index (κ1) is 18.6. The highest BCUT2D eigenvalue weighted by atomic mass is 19.4. The standard InChI is InChI=1S/C20H20F3N3O2/c21-20(22,23)13-25-11-4-8-15(17(25)27)24-18(28)26-12-19(9-5-10-19)16(26)14-6-2-1-3-7-14/h1-4,6-8,11,16H,5,9-10,12-13H2,(H,24,28). The van der Waals surface area contributed by atoms with E-state index in [0.717, 1.165) is 31.0 Å². The summed E-state index contributed by atoms with van der Waals surface area (Å²) in [6, 6.07) is 11.8. The third-order valence-electron chi connectivity index (χ3n) is 5.71. The quantitative estimate of drug-likeness (QED) is 0.854. The third-order valence-corrected chi connectivity index (χ3v) is 5.71. The van der Waals surface area contributed by atoms with Crippen molar-refractivity contribution in [3.63, 3.8) is 0 Å². The zero-order valence-electron chi connectivity index (χ0n) is 15.1. The molecule has 1 aromatic carbocycles. The highest BCUT2D eigenvalue weighted by Gasteiger charge is 2.58.